The van der Waals surface area contributed by atoms with E-state index in [2.05, 4.69) is 36.5 Å². The van der Waals surface area contributed by atoms with E-state index in [4.69, 9.17) is 0 Å². The molecule has 3 fully saturated rings. The van der Waals surface area contributed by atoms with Gasteiger partial charge < -0.3 is 20.4 Å². The summed E-state index contributed by atoms with van der Waals surface area (Å²) >= 11 is 1.08. The van der Waals surface area contributed by atoms with Crippen LogP contribution in [-0.2, 0) is 22.9 Å². The molecular formula is C31H40F3N7O3S2. The van der Waals surface area contributed by atoms with Crippen molar-refractivity contribution in [2.45, 2.75) is 50.7 Å². The third-order valence-electron chi connectivity index (χ3n) is 9.50. The number of alkyl halides is 3. The Balaban J connectivity index is 1.05. The predicted octanol–water partition coefficient (Wildman–Crippen LogP) is 4.14. The number of amides is 1. The van der Waals surface area contributed by atoms with Gasteiger partial charge in [-0.3, -0.25) is 4.79 Å². The van der Waals surface area contributed by atoms with Crippen molar-refractivity contribution in [1.82, 2.24) is 24.5 Å². The highest BCUT2D eigenvalue weighted by Crippen LogP contribution is 2.50. The highest BCUT2D eigenvalue weighted by Gasteiger charge is 2.49. The van der Waals surface area contributed by atoms with Gasteiger partial charge in [-0.05, 0) is 73.9 Å². The summed E-state index contributed by atoms with van der Waals surface area (Å²) in [6, 6.07) is 7.79. The highest BCUT2D eigenvalue weighted by molar-refractivity contribution is 7.88. The molecule has 250 valence electrons. The topological polar surface area (TPSA) is 111 Å². The van der Waals surface area contributed by atoms with E-state index in [-0.39, 0.29) is 22.2 Å². The van der Waals surface area contributed by atoms with Crippen molar-refractivity contribution < 1.29 is 26.4 Å². The number of sulfonamides is 1. The Bertz CT molecular complexity index is 1680. The van der Waals surface area contributed by atoms with Crippen LogP contribution in [0.4, 0.5) is 24.7 Å². The predicted molar refractivity (Wildman–Crippen MR) is 174 cm³/mol. The summed E-state index contributed by atoms with van der Waals surface area (Å²) in [6.07, 6.45) is 2.01. The quantitative estimate of drug-likeness (QED) is 0.329. The maximum Gasteiger partial charge on any atom is 0.393 e. The van der Waals surface area contributed by atoms with Crippen LogP contribution < -0.4 is 15.5 Å². The van der Waals surface area contributed by atoms with Crippen molar-refractivity contribution in [3.8, 4) is 0 Å². The molecule has 2 aromatic heterocycles. The number of aryl methyl sites for hydroxylation is 1. The minimum atomic E-state index is -4.26. The summed E-state index contributed by atoms with van der Waals surface area (Å²) in [5.74, 6) is 0.599. The van der Waals surface area contributed by atoms with Crippen LogP contribution in [0, 0.1) is 5.41 Å². The smallest absolute Gasteiger partial charge is 0.382 e. The standard InChI is InChI=1S/C31H40F3N7O3S2/c1-35-28(42)25-6-5-22(14-21(25)4-3-8-39-10-12-41(13-11-39)46(2,43)44)38-23-16-30(17-23)7-9-40(19-30)27-26-15-24(18-31(32,33)34)45-29(26)37-20-36-27/h5-6,14-15,20,23,38H,3-4,7-13,16-19H2,1-2H3,(H,35,42). The number of thiophene rings is 1. The molecule has 1 spiro atoms. The van der Waals surface area contributed by atoms with Gasteiger partial charge in [0.05, 0.1) is 18.1 Å². The van der Waals surface area contributed by atoms with Crippen LogP contribution in [0.3, 0.4) is 0 Å². The van der Waals surface area contributed by atoms with Crippen LogP contribution in [0.15, 0.2) is 30.6 Å². The lowest BCUT2D eigenvalue weighted by Gasteiger charge is -2.46. The second-order valence-corrected chi connectivity index (χ2v) is 16.0. The minimum absolute atomic E-state index is 0.119. The van der Waals surface area contributed by atoms with Crippen molar-refractivity contribution in [2.75, 3.05) is 69.3 Å². The monoisotopic (exact) mass is 679 g/mol. The van der Waals surface area contributed by atoms with Gasteiger partial charge in [0, 0.05) is 68.5 Å². The number of nitrogens with zero attached hydrogens (tertiary/aromatic N) is 5. The number of fused-ring (bicyclic) bond motifs is 1. The molecule has 3 aliphatic rings. The lowest BCUT2D eigenvalue weighted by Crippen LogP contribution is -2.48. The normalized spacial score (nSPS) is 22.8. The highest BCUT2D eigenvalue weighted by atomic mass is 32.2. The summed E-state index contributed by atoms with van der Waals surface area (Å²) in [5.41, 5.74) is 2.75. The molecule has 0 unspecified atom stereocenters. The van der Waals surface area contributed by atoms with Gasteiger partial charge in [-0.1, -0.05) is 0 Å². The molecule has 6 rings (SSSR count). The summed E-state index contributed by atoms with van der Waals surface area (Å²) in [4.78, 5) is 26.6. The van der Waals surface area contributed by atoms with E-state index in [0.717, 1.165) is 80.1 Å². The van der Waals surface area contributed by atoms with Gasteiger partial charge in [0.2, 0.25) is 10.0 Å². The number of halogens is 3. The summed E-state index contributed by atoms with van der Waals surface area (Å²) < 4.78 is 64.1. The molecule has 1 aromatic carbocycles. The fourth-order valence-electron chi connectivity index (χ4n) is 7.23. The van der Waals surface area contributed by atoms with Crippen LogP contribution in [0.25, 0.3) is 10.2 Å². The van der Waals surface area contributed by atoms with E-state index < -0.39 is 22.6 Å². The van der Waals surface area contributed by atoms with Gasteiger partial charge >= 0.3 is 6.18 Å². The molecule has 1 aliphatic carbocycles. The Morgan fingerprint density at radius 1 is 1.11 bits per heavy atom. The number of carbonyl (C=O) groups excluding carboxylic acids is 1. The molecule has 4 heterocycles. The Labute approximate surface area is 271 Å². The van der Waals surface area contributed by atoms with E-state index >= 15 is 0 Å². The lowest BCUT2D eigenvalue weighted by atomic mass is 9.65. The number of nitrogens with one attached hydrogen (secondary N) is 2. The number of anilines is 2. The number of hydrogen-bond acceptors (Lipinski definition) is 9. The Hall–Kier alpha value is -3.01. The zero-order valence-corrected chi connectivity index (χ0v) is 27.7. The zero-order chi connectivity index (χ0) is 32.7. The van der Waals surface area contributed by atoms with E-state index in [1.54, 1.807) is 13.1 Å². The van der Waals surface area contributed by atoms with Gasteiger partial charge in [-0.25, -0.2) is 18.4 Å². The maximum absolute atomic E-state index is 13.0. The van der Waals surface area contributed by atoms with Crippen molar-refractivity contribution in [2.24, 2.45) is 5.41 Å². The first-order valence-electron chi connectivity index (χ1n) is 15.6. The first-order valence-corrected chi connectivity index (χ1v) is 18.3. The summed E-state index contributed by atoms with van der Waals surface area (Å²) in [7, 11) is -1.53. The molecule has 0 atom stereocenters. The first-order chi connectivity index (χ1) is 21.8. The molecule has 3 aromatic rings. The number of rotatable bonds is 10. The maximum atomic E-state index is 13.0. The molecule has 1 amide bonds. The van der Waals surface area contributed by atoms with Crippen LogP contribution in [0.5, 0.6) is 0 Å². The van der Waals surface area contributed by atoms with E-state index in [1.165, 1.54) is 16.9 Å². The molecule has 1 saturated carbocycles. The van der Waals surface area contributed by atoms with Gasteiger partial charge in [-0.2, -0.15) is 17.5 Å². The van der Waals surface area contributed by atoms with E-state index in [0.29, 0.717) is 42.0 Å². The average molecular weight is 680 g/mol. The van der Waals surface area contributed by atoms with Crippen LogP contribution >= 0.6 is 11.3 Å². The molecule has 0 bridgehead atoms. The molecule has 2 N–H and O–H groups in total. The number of benzene rings is 1. The van der Waals surface area contributed by atoms with Crippen molar-refractivity contribution in [3.05, 3.63) is 46.6 Å². The zero-order valence-electron chi connectivity index (χ0n) is 26.1. The number of aromatic nitrogens is 2. The van der Waals surface area contributed by atoms with Gasteiger partial charge in [0.1, 0.15) is 17.0 Å². The Kier molecular flexibility index (Phi) is 9.22. The Morgan fingerprint density at radius 2 is 1.87 bits per heavy atom. The molecule has 2 aliphatic heterocycles. The minimum Gasteiger partial charge on any atom is -0.382 e. The SMILES string of the molecule is CNC(=O)c1ccc(NC2CC3(CCN(c4ncnc5sc(CC(F)(F)F)cc45)C3)C2)cc1CCCN1CCN(S(C)(=O)=O)CC1. The van der Waals surface area contributed by atoms with Crippen LogP contribution in [0.2, 0.25) is 0 Å². The van der Waals surface area contributed by atoms with Crippen LogP contribution in [0.1, 0.15) is 46.5 Å². The average Bonchev–Trinajstić information content (AvgIpc) is 3.60. The molecule has 10 nitrogen and oxygen atoms in total. The lowest BCUT2D eigenvalue weighted by molar-refractivity contribution is -0.126. The van der Waals surface area contributed by atoms with Crippen molar-refractivity contribution >= 4 is 49.0 Å². The molecule has 15 heteroatoms. The fraction of sp³-hybridized carbons (Fsp3) is 0.581. The molecule has 0 radical (unpaired) electrons. The summed E-state index contributed by atoms with van der Waals surface area (Å²) in [6.45, 7) is 4.85. The van der Waals surface area contributed by atoms with E-state index in [9.17, 15) is 26.4 Å². The third-order valence-corrected chi connectivity index (χ3v) is 11.8. The largest absolute Gasteiger partial charge is 0.393 e. The van der Waals surface area contributed by atoms with Gasteiger partial charge in [0.15, 0.2) is 0 Å². The summed E-state index contributed by atoms with van der Waals surface area (Å²) in [5, 5.41) is 7.10. The van der Waals surface area contributed by atoms with E-state index in [1.807, 2.05) is 12.1 Å². The molecule has 2 saturated heterocycles. The molecule has 46 heavy (non-hydrogen) atoms. The van der Waals surface area contributed by atoms with Crippen molar-refractivity contribution in [1.29, 1.82) is 0 Å². The number of carbonyl (C=O) groups is 1. The van der Waals surface area contributed by atoms with Gasteiger partial charge in [0.25, 0.3) is 5.91 Å². The third kappa shape index (κ3) is 7.42. The van der Waals surface area contributed by atoms with Crippen molar-refractivity contribution in [3.63, 3.8) is 0 Å². The number of piperazine rings is 1. The Morgan fingerprint density at radius 3 is 2.57 bits per heavy atom. The fourth-order valence-corrected chi connectivity index (χ4v) is 9.07. The first kappa shape index (κ1) is 32.9. The second kappa shape index (κ2) is 12.9. The van der Waals surface area contributed by atoms with Crippen LogP contribution in [-0.4, -0.2) is 105 Å². The molecular weight excluding hydrogens is 640 g/mol. The second-order valence-electron chi connectivity index (χ2n) is 12.9. The van der Waals surface area contributed by atoms with Gasteiger partial charge in [-0.15, -0.1) is 11.3 Å². The number of hydrogen-bond donors (Lipinski definition) is 2.